The second kappa shape index (κ2) is 5.38. The summed E-state index contributed by atoms with van der Waals surface area (Å²) in [4.78, 5) is 13.3. The summed E-state index contributed by atoms with van der Waals surface area (Å²) in [7, 11) is 1.45. The molecule has 1 heterocycles. The van der Waals surface area contributed by atoms with E-state index in [0.717, 1.165) is 6.07 Å². The van der Waals surface area contributed by atoms with Gasteiger partial charge in [0.2, 0.25) is 0 Å². The minimum absolute atomic E-state index is 0.00676. The molecule has 0 aliphatic carbocycles. The standard InChI is InChI=1S/C17H14F3NO2/c1-21-9-13-12(16(21)23)7-11(8-14(13)17(18,19)20)15(22)10-5-3-2-4-6-10/h2-8,15,22H,9H2,1H3. The molecule has 6 heteroatoms. The van der Waals surface area contributed by atoms with Crippen molar-refractivity contribution in [3.8, 4) is 0 Å². The molecular formula is C17H14F3NO2. The third-order valence-corrected chi connectivity index (χ3v) is 3.98. The second-order valence-electron chi connectivity index (χ2n) is 5.57. The molecule has 2 aromatic rings. The molecule has 0 saturated heterocycles. The Morgan fingerprint density at radius 1 is 1.13 bits per heavy atom. The molecule has 0 aromatic heterocycles. The first-order chi connectivity index (χ1) is 10.8. The molecule has 1 N–H and O–H groups in total. The average Bonchev–Trinajstić information content (AvgIpc) is 2.80. The van der Waals surface area contributed by atoms with Gasteiger partial charge in [-0.15, -0.1) is 0 Å². The number of nitrogens with zero attached hydrogens (tertiary/aromatic N) is 1. The highest BCUT2D eigenvalue weighted by Gasteiger charge is 2.39. The van der Waals surface area contributed by atoms with Gasteiger partial charge in [-0.05, 0) is 28.8 Å². The molecule has 0 fully saturated rings. The molecule has 1 aliphatic heterocycles. The van der Waals surface area contributed by atoms with Gasteiger partial charge < -0.3 is 10.0 Å². The molecule has 1 unspecified atom stereocenters. The number of carbonyl (C=O) groups excluding carboxylic acids is 1. The Morgan fingerprint density at radius 2 is 1.78 bits per heavy atom. The van der Waals surface area contributed by atoms with Crippen LogP contribution in [0.15, 0.2) is 42.5 Å². The van der Waals surface area contributed by atoms with Crippen LogP contribution < -0.4 is 0 Å². The molecule has 23 heavy (non-hydrogen) atoms. The van der Waals surface area contributed by atoms with E-state index in [9.17, 15) is 23.1 Å². The normalized spacial score (nSPS) is 15.7. The van der Waals surface area contributed by atoms with Crippen molar-refractivity contribution in [3.05, 3.63) is 70.3 Å². The third kappa shape index (κ3) is 2.70. The number of amides is 1. The zero-order valence-corrected chi connectivity index (χ0v) is 12.3. The molecule has 1 aliphatic rings. The molecular weight excluding hydrogens is 307 g/mol. The van der Waals surface area contributed by atoms with Crippen LogP contribution in [0.3, 0.4) is 0 Å². The lowest BCUT2D eigenvalue weighted by atomic mass is 9.93. The van der Waals surface area contributed by atoms with Crippen molar-refractivity contribution in [2.75, 3.05) is 7.05 Å². The lowest BCUT2D eigenvalue weighted by Gasteiger charge is -2.17. The van der Waals surface area contributed by atoms with Crippen LogP contribution in [-0.4, -0.2) is 23.0 Å². The number of hydrogen-bond donors (Lipinski definition) is 1. The van der Waals surface area contributed by atoms with Crippen molar-refractivity contribution in [3.63, 3.8) is 0 Å². The summed E-state index contributed by atoms with van der Waals surface area (Å²) in [5.74, 6) is -0.465. The fourth-order valence-electron chi connectivity index (χ4n) is 2.81. The second-order valence-corrected chi connectivity index (χ2v) is 5.57. The Balaban J connectivity index is 2.15. The number of rotatable bonds is 2. The summed E-state index contributed by atoms with van der Waals surface area (Å²) in [6.45, 7) is -0.0786. The quantitative estimate of drug-likeness (QED) is 0.921. The smallest absolute Gasteiger partial charge is 0.384 e. The monoisotopic (exact) mass is 321 g/mol. The third-order valence-electron chi connectivity index (χ3n) is 3.98. The molecule has 0 saturated carbocycles. The number of aliphatic hydroxyl groups is 1. The molecule has 2 aromatic carbocycles. The zero-order valence-electron chi connectivity index (χ0n) is 12.3. The van der Waals surface area contributed by atoms with Crippen molar-refractivity contribution in [2.45, 2.75) is 18.8 Å². The van der Waals surface area contributed by atoms with Crippen LogP contribution in [0.5, 0.6) is 0 Å². The predicted molar refractivity (Wildman–Crippen MR) is 77.7 cm³/mol. The Bertz CT molecular complexity index is 756. The van der Waals surface area contributed by atoms with Crippen LogP contribution >= 0.6 is 0 Å². The Labute approximate surface area is 131 Å². The molecule has 0 radical (unpaired) electrons. The van der Waals surface area contributed by atoms with E-state index in [1.54, 1.807) is 30.3 Å². The summed E-state index contributed by atoms with van der Waals surface area (Å²) in [6, 6.07) is 10.7. The molecule has 0 bridgehead atoms. The van der Waals surface area contributed by atoms with Crippen molar-refractivity contribution >= 4 is 5.91 Å². The Hall–Kier alpha value is -2.34. The van der Waals surface area contributed by atoms with E-state index >= 15 is 0 Å². The van der Waals surface area contributed by atoms with Crippen LogP contribution in [-0.2, 0) is 12.7 Å². The fraction of sp³-hybridized carbons (Fsp3) is 0.235. The average molecular weight is 321 g/mol. The first-order valence-corrected chi connectivity index (χ1v) is 7.01. The maximum absolute atomic E-state index is 13.3. The van der Waals surface area contributed by atoms with E-state index in [0.29, 0.717) is 5.56 Å². The van der Waals surface area contributed by atoms with Crippen LogP contribution in [0.2, 0.25) is 0 Å². The largest absolute Gasteiger partial charge is 0.416 e. The number of aliphatic hydroxyl groups excluding tert-OH is 1. The number of fused-ring (bicyclic) bond motifs is 1. The lowest BCUT2D eigenvalue weighted by molar-refractivity contribution is -0.138. The number of alkyl halides is 3. The van der Waals surface area contributed by atoms with Gasteiger partial charge >= 0.3 is 6.18 Å². The number of hydrogen-bond acceptors (Lipinski definition) is 2. The van der Waals surface area contributed by atoms with E-state index < -0.39 is 23.8 Å². The van der Waals surface area contributed by atoms with Gasteiger partial charge in [0.05, 0.1) is 5.56 Å². The number of carbonyl (C=O) groups is 1. The van der Waals surface area contributed by atoms with Crippen molar-refractivity contribution in [2.24, 2.45) is 0 Å². The van der Waals surface area contributed by atoms with Gasteiger partial charge in [-0.3, -0.25) is 4.79 Å². The van der Waals surface area contributed by atoms with Crippen molar-refractivity contribution in [1.82, 2.24) is 4.90 Å². The van der Waals surface area contributed by atoms with E-state index in [4.69, 9.17) is 0 Å². The van der Waals surface area contributed by atoms with E-state index in [2.05, 4.69) is 0 Å². The molecule has 0 spiro atoms. The number of benzene rings is 2. The molecule has 1 amide bonds. The molecule has 3 nitrogen and oxygen atoms in total. The van der Waals surface area contributed by atoms with Crippen LogP contribution in [0.25, 0.3) is 0 Å². The summed E-state index contributed by atoms with van der Waals surface area (Å²) in [5.41, 5.74) is -0.357. The molecule has 3 rings (SSSR count). The van der Waals surface area contributed by atoms with Crippen molar-refractivity contribution in [1.29, 1.82) is 0 Å². The van der Waals surface area contributed by atoms with Gasteiger partial charge in [0, 0.05) is 19.2 Å². The first-order valence-electron chi connectivity index (χ1n) is 7.01. The van der Waals surface area contributed by atoms with Crippen molar-refractivity contribution < 1.29 is 23.1 Å². The van der Waals surface area contributed by atoms with Crippen LogP contribution in [0.4, 0.5) is 13.2 Å². The highest BCUT2D eigenvalue weighted by Crippen LogP contribution is 2.39. The number of halogens is 3. The van der Waals surface area contributed by atoms with E-state index in [1.165, 1.54) is 18.0 Å². The Morgan fingerprint density at radius 3 is 2.39 bits per heavy atom. The zero-order chi connectivity index (χ0) is 16.8. The maximum atomic E-state index is 13.3. The van der Waals surface area contributed by atoms with Gasteiger partial charge in [-0.2, -0.15) is 13.2 Å². The van der Waals surface area contributed by atoms with Gasteiger partial charge in [-0.1, -0.05) is 30.3 Å². The minimum atomic E-state index is -4.58. The van der Waals surface area contributed by atoms with Gasteiger partial charge in [0.15, 0.2) is 0 Å². The summed E-state index contributed by atoms with van der Waals surface area (Å²) in [5, 5.41) is 10.4. The first kappa shape index (κ1) is 15.6. The fourth-order valence-corrected chi connectivity index (χ4v) is 2.81. The highest BCUT2D eigenvalue weighted by atomic mass is 19.4. The van der Waals surface area contributed by atoms with Gasteiger partial charge in [0.1, 0.15) is 6.10 Å². The van der Waals surface area contributed by atoms with E-state index in [1.807, 2.05) is 0 Å². The SMILES string of the molecule is CN1Cc2c(cc(C(O)c3ccccc3)cc2C(F)(F)F)C1=O. The summed E-state index contributed by atoms with van der Waals surface area (Å²) >= 11 is 0. The lowest BCUT2D eigenvalue weighted by Crippen LogP contribution is -2.17. The maximum Gasteiger partial charge on any atom is 0.416 e. The van der Waals surface area contributed by atoms with Crippen LogP contribution in [0.1, 0.15) is 38.7 Å². The highest BCUT2D eigenvalue weighted by molar-refractivity contribution is 5.98. The predicted octanol–water partition coefficient (Wildman–Crippen LogP) is 3.37. The van der Waals surface area contributed by atoms with Gasteiger partial charge in [0.25, 0.3) is 5.91 Å². The summed E-state index contributed by atoms with van der Waals surface area (Å²) < 4.78 is 40.0. The minimum Gasteiger partial charge on any atom is -0.384 e. The molecule has 1 atom stereocenters. The van der Waals surface area contributed by atoms with Crippen LogP contribution in [0, 0.1) is 0 Å². The topological polar surface area (TPSA) is 40.5 Å². The van der Waals surface area contributed by atoms with Gasteiger partial charge in [-0.25, -0.2) is 0 Å². The Kier molecular flexibility index (Phi) is 3.64. The summed E-state index contributed by atoms with van der Waals surface area (Å²) in [6.07, 6.45) is -5.80. The van der Waals surface area contributed by atoms with E-state index in [-0.39, 0.29) is 23.2 Å². The molecule has 120 valence electrons.